The summed E-state index contributed by atoms with van der Waals surface area (Å²) in [6.45, 7) is 2.87. The summed E-state index contributed by atoms with van der Waals surface area (Å²) in [4.78, 5) is 0. The lowest BCUT2D eigenvalue weighted by molar-refractivity contribution is 0.556. The third kappa shape index (κ3) is 1.44. The SMILES string of the molecule is CCn1nccc1C(N)c1ccoc1. The van der Waals surface area contributed by atoms with Gasteiger partial charge in [-0.15, -0.1) is 0 Å². The molecule has 0 aliphatic carbocycles. The fourth-order valence-electron chi connectivity index (χ4n) is 1.49. The molecule has 2 aromatic rings. The second kappa shape index (κ2) is 3.67. The van der Waals surface area contributed by atoms with Gasteiger partial charge in [0.2, 0.25) is 0 Å². The molecule has 2 N–H and O–H groups in total. The van der Waals surface area contributed by atoms with Gasteiger partial charge in [-0.1, -0.05) is 0 Å². The summed E-state index contributed by atoms with van der Waals surface area (Å²) in [5, 5.41) is 4.17. The van der Waals surface area contributed by atoms with Crippen molar-refractivity contribution in [3.8, 4) is 0 Å². The second-order valence-corrected chi connectivity index (χ2v) is 3.11. The molecule has 1 atom stereocenters. The van der Waals surface area contributed by atoms with E-state index in [0.29, 0.717) is 0 Å². The Morgan fingerprint density at radius 3 is 3.07 bits per heavy atom. The van der Waals surface area contributed by atoms with Crippen molar-refractivity contribution in [1.82, 2.24) is 9.78 Å². The molecule has 74 valence electrons. The Morgan fingerprint density at radius 2 is 2.43 bits per heavy atom. The van der Waals surface area contributed by atoms with Crippen LogP contribution in [0.1, 0.15) is 24.2 Å². The van der Waals surface area contributed by atoms with Crippen molar-refractivity contribution in [2.24, 2.45) is 5.73 Å². The van der Waals surface area contributed by atoms with Crippen LogP contribution in [0.2, 0.25) is 0 Å². The highest BCUT2D eigenvalue weighted by atomic mass is 16.3. The predicted octanol–water partition coefficient (Wildman–Crippen LogP) is 1.54. The maximum absolute atomic E-state index is 6.06. The van der Waals surface area contributed by atoms with Crippen LogP contribution in [-0.4, -0.2) is 9.78 Å². The smallest absolute Gasteiger partial charge is 0.0954 e. The van der Waals surface area contributed by atoms with Gasteiger partial charge in [0.25, 0.3) is 0 Å². The maximum atomic E-state index is 6.06. The summed E-state index contributed by atoms with van der Waals surface area (Å²) in [6.07, 6.45) is 5.05. The normalized spacial score (nSPS) is 13.0. The van der Waals surface area contributed by atoms with Crippen molar-refractivity contribution in [3.63, 3.8) is 0 Å². The highest BCUT2D eigenvalue weighted by Crippen LogP contribution is 2.19. The van der Waals surface area contributed by atoms with Crippen LogP contribution in [0.4, 0.5) is 0 Å². The maximum Gasteiger partial charge on any atom is 0.0954 e. The van der Waals surface area contributed by atoms with Gasteiger partial charge in [-0.25, -0.2) is 0 Å². The van der Waals surface area contributed by atoms with E-state index >= 15 is 0 Å². The van der Waals surface area contributed by atoms with Crippen LogP contribution in [0.5, 0.6) is 0 Å². The second-order valence-electron chi connectivity index (χ2n) is 3.11. The highest BCUT2D eigenvalue weighted by molar-refractivity contribution is 5.23. The zero-order chi connectivity index (χ0) is 9.97. The molecule has 14 heavy (non-hydrogen) atoms. The molecule has 0 aliphatic rings. The molecule has 4 heteroatoms. The van der Waals surface area contributed by atoms with Crippen molar-refractivity contribution >= 4 is 0 Å². The van der Waals surface area contributed by atoms with Gasteiger partial charge < -0.3 is 10.2 Å². The Hall–Kier alpha value is -1.55. The molecule has 0 saturated carbocycles. The fourth-order valence-corrected chi connectivity index (χ4v) is 1.49. The number of hydrogen-bond donors (Lipinski definition) is 1. The van der Waals surface area contributed by atoms with E-state index in [1.165, 1.54) is 0 Å². The van der Waals surface area contributed by atoms with Crippen molar-refractivity contribution < 1.29 is 4.42 Å². The Labute approximate surface area is 82.3 Å². The van der Waals surface area contributed by atoms with Gasteiger partial charge in [0, 0.05) is 18.3 Å². The first-order valence-electron chi connectivity index (χ1n) is 4.62. The van der Waals surface area contributed by atoms with Crippen molar-refractivity contribution in [3.05, 3.63) is 42.1 Å². The van der Waals surface area contributed by atoms with E-state index in [0.717, 1.165) is 17.8 Å². The van der Waals surface area contributed by atoms with Crippen LogP contribution in [0.3, 0.4) is 0 Å². The molecular formula is C10H13N3O. The molecule has 0 radical (unpaired) electrons. The third-order valence-corrected chi connectivity index (χ3v) is 2.27. The van der Waals surface area contributed by atoms with Crippen molar-refractivity contribution in [1.29, 1.82) is 0 Å². The van der Waals surface area contributed by atoms with Gasteiger partial charge in [0.15, 0.2) is 0 Å². The average molecular weight is 191 g/mol. The number of aryl methyl sites for hydroxylation is 1. The quantitative estimate of drug-likeness (QED) is 0.800. The van der Waals surface area contributed by atoms with Crippen LogP contribution < -0.4 is 5.73 Å². The summed E-state index contributed by atoms with van der Waals surface area (Å²) < 4.78 is 6.88. The van der Waals surface area contributed by atoms with Crippen LogP contribution in [0, 0.1) is 0 Å². The Bertz CT molecular complexity index is 391. The molecule has 0 fully saturated rings. The standard InChI is InChI=1S/C10H13N3O/c1-2-13-9(3-5-12-13)10(11)8-4-6-14-7-8/h3-7,10H,2,11H2,1H3. The van der Waals surface area contributed by atoms with Crippen molar-refractivity contribution in [2.45, 2.75) is 19.5 Å². The van der Waals surface area contributed by atoms with Gasteiger partial charge in [-0.05, 0) is 19.1 Å². The lowest BCUT2D eigenvalue weighted by Gasteiger charge is -2.10. The molecule has 0 aromatic carbocycles. The molecule has 2 aromatic heterocycles. The van der Waals surface area contributed by atoms with Gasteiger partial charge in [-0.2, -0.15) is 5.10 Å². The summed E-state index contributed by atoms with van der Waals surface area (Å²) >= 11 is 0. The molecule has 0 amide bonds. The zero-order valence-electron chi connectivity index (χ0n) is 8.05. The van der Waals surface area contributed by atoms with Crippen LogP contribution in [0.25, 0.3) is 0 Å². The first-order chi connectivity index (χ1) is 6.83. The van der Waals surface area contributed by atoms with E-state index in [1.54, 1.807) is 18.7 Å². The van der Waals surface area contributed by atoms with Gasteiger partial charge >= 0.3 is 0 Å². The summed E-state index contributed by atoms with van der Waals surface area (Å²) in [7, 11) is 0. The minimum atomic E-state index is -0.156. The molecule has 0 saturated heterocycles. The molecule has 2 rings (SSSR count). The number of rotatable bonds is 3. The first kappa shape index (κ1) is 9.02. The van der Waals surface area contributed by atoms with Crippen LogP contribution in [-0.2, 0) is 6.54 Å². The molecule has 2 heterocycles. The number of hydrogen-bond acceptors (Lipinski definition) is 3. The van der Waals surface area contributed by atoms with Crippen LogP contribution >= 0.6 is 0 Å². The number of nitrogens with zero attached hydrogens (tertiary/aromatic N) is 2. The Morgan fingerprint density at radius 1 is 1.57 bits per heavy atom. The van der Waals surface area contributed by atoms with E-state index in [1.807, 2.05) is 23.7 Å². The Kier molecular flexibility index (Phi) is 2.37. The average Bonchev–Trinajstić information content (AvgIpc) is 2.87. The summed E-state index contributed by atoms with van der Waals surface area (Å²) in [5.74, 6) is 0. The lowest BCUT2D eigenvalue weighted by Crippen LogP contribution is -2.16. The van der Waals surface area contributed by atoms with Gasteiger partial charge in [-0.3, -0.25) is 4.68 Å². The highest BCUT2D eigenvalue weighted by Gasteiger charge is 2.13. The number of aromatic nitrogens is 2. The minimum Gasteiger partial charge on any atom is -0.472 e. The molecule has 0 bridgehead atoms. The largest absolute Gasteiger partial charge is 0.472 e. The van der Waals surface area contributed by atoms with Crippen molar-refractivity contribution in [2.75, 3.05) is 0 Å². The summed E-state index contributed by atoms with van der Waals surface area (Å²) in [6, 6.07) is 3.65. The molecule has 0 spiro atoms. The molecular weight excluding hydrogens is 178 g/mol. The zero-order valence-corrected chi connectivity index (χ0v) is 8.05. The minimum absolute atomic E-state index is 0.156. The Balaban J connectivity index is 2.31. The lowest BCUT2D eigenvalue weighted by atomic mass is 10.1. The van der Waals surface area contributed by atoms with E-state index in [2.05, 4.69) is 5.10 Å². The third-order valence-electron chi connectivity index (χ3n) is 2.27. The van der Waals surface area contributed by atoms with Gasteiger partial charge in [0.1, 0.15) is 0 Å². The fraction of sp³-hybridized carbons (Fsp3) is 0.300. The molecule has 1 unspecified atom stereocenters. The van der Waals surface area contributed by atoms with Gasteiger partial charge in [0.05, 0.1) is 24.3 Å². The van der Waals surface area contributed by atoms with E-state index in [4.69, 9.17) is 10.2 Å². The number of furan rings is 1. The van der Waals surface area contributed by atoms with E-state index in [9.17, 15) is 0 Å². The summed E-state index contributed by atoms with van der Waals surface area (Å²) in [5.41, 5.74) is 8.04. The van der Waals surface area contributed by atoms with E-state index < -0.39 is 0 Å². The van der Waals surface area contributed by atoms with E-state index in [-0.39, 0.29) is 6.04 Å². The van der Waals surface area contributed by atoms with Crippen LogP contribution in [0.15, 0.2) is 35.3 Å². The molecule has 0 aliphatic heterocycles. The number of nitrogens with two attached hydrogens (primary N) is 1. The predicted molar refractivity (Wildman–Crippen MR) is 52.6 cm³/mol. The topological polar surface area (TPSA) is 57.0 Å². The first-order valence-corrected chi connectivity index (χ1v) is 4.62. The molecule has 4 nitrogen and oxygen atoms in total. The monoisotopic (exact) mass is 191 g/mol.